The van der Waals surface area contributed by atoms with Crippen LogP contribution in [0, 0.1) is 0 Å². The van der Waals surface area contributed by atoms with Crippen molar-refractivity contribution in [2.24, 2.45) is 0 Å². The van der Waals surface area contributed by atoms with Crippen molar-refractivity contribution < 1.29 is 14.3 Å². The summed E-state index contributed by atoms with van der Waals surface area (Å²) in [6, 6.07) is 14.2. The number of hydrogen-bond donors (Lipinski definition) is 1. The average molecular weight is 347 g/mol. The van der Waals surface area contributed by atoms with E-state index in [-0.39, 0.29) is 18.4 Å². The molecule has 0 heterocycles. The van der Waals surface area contributed by atoms with E-state index in [2.05, 4.69) is 5.32 Å². The Bertz CT molecular complexity index is 716. The van der Waals surface area contributed by atoms with E-state index in [0.29, 0.717) is 23.0 Å². The molecule has 0 radical (unpaired) electrons. The highest BCUT2D eigenvalue weighted by Crippen LogP contribution is 2.17. The molecule has 0 saturated heterocycles. The van der Waals surface area contributed by atoms with Crippen LogP contribution in [-0.2, 0) is 16.1 Å². The minimum atomic E-state index is -0.271. The summed E-state index contributed by atoms with van der Waals surface area (Å²) in [5.41, 5.74) is 1.53. The zero-order valence-electron chi connectivity index (χ0n) is 13.6. The van der Waals surface area contributed by atoms with Gasteiger partial charge < -0.3 is 15.0 Å². The lowest BCUT2D eigenvalue weighted by Crippen LogP contribution is -2.36. The number of ether oxygens (including phenoxy) is 1. The smallest absolute Gasteiger partial charge is 0.244 e. The summed E-state index contributed by atoms with van der Waals surface area (Å²) in [6.07, 6.45) is 0. The molecule has 126 valence electrons. The van der Waals surface area contributed by atoms with Gasteiger partial charge in [0.15, 0.2) is 0 Å². The molecule has 0 saturated carbocycles. The van der Waals surface area contributed by atoms with Crippen LogP contribution in [0.1, 0.15) is 12.5 Å². The van der Waals surface area contributed by atoms with Gasteiger partial charge in [-0.2, -0.15) is 0 Å². The summed E-state index contributed by atoms with van der Waals surface area (Å²) < 4.78 is 5.12. The van der Waals surface area contributed by atoms with Crippen LogP contribution in [0.25, 0.3) is 0 Å². The summed E-state index contributed by atoms with van der Waals surface area (Å²) in [5.74, 6) is 0.204. The van der Waals surface area contributed by atoms with Crippen LogP contribution in [-0.4, -0.2) is 30.4 Å². The van der Waals surface area contributed by atoms with Gasteiger partial charge in [-0.3, -0.25) is 9.59 Å². The Balaban J connectivity index is 2.00. The zero-order valence-corrected chi connectivity index (χ0v) is 14.3. The monoisotopic (exact) mass is 346 g/mol. The molecule has 2 aromatic carbocycles. The van der Waals surface area contributed by atoms with Crippen LogP contribution in [0.4, 0.5) is 5.69 Å². The Labute approximate surface area is 146 Å². The van der Waals surface area contributed by atoms with Crippen molar-refractivity contribution in [1.29, 1.82) is 0 Å². The molecule has 2 rings (SSSR count). The van der Waals surface area contributed by atoms with E-state index >= 15 is 0 Å². The van der Waals surface area contributed by atoms with Crippen molar-refractivity contribution in [3.05, 3.63) is 59.1 Å². The van der Waals surface area contributed by atoms with Gasteiger partial charge in [0, 0.05) is 30.2 Å². The lowest BCUT2D eigenvalue weighted by atomic mass is 10.2. The fourth-order valence-electron chi connectivity index (χ4n) is 2.16. The number of halogens is 1. The van der Waals surface area contributed by atoms with Crippen molar-refractivity contribution in [2.45, 2.75) is 13.5 Å². The molecule has 0 atom stereocenters. The predicted molar refractivity (Wildman–Crippen MR) is 94.2 cm³/mol. The van der Waals surface area contributed by atoms with Crippen molar-refractivity contribution in [2.75, 3.05) is 19.0 Å². The summed E-state index contributed by atoms with van der Waals surface area (Å²) >= 11 is 5.86. The number of hydrogen-bond acceptors (Lipinski definition) is 3. The van der Waals surface area contributed by atoms with E-state index in [9.17, 15) is 9.59 Å². The molecule has 0 bridgehead atoms. The third-order valence-corrected chi connectivity index (χ3v) is 3.67. The quantitative estimate of drug-likeness (QED) is 0.872. The summed E-state index contributed by atoms with van der Waals surface area (Å²) in [6.45, 7) is 1.75. The molecular weight excluding hydrogens is 328 g/mol. The molecule has 0 aliphatic heterocycles. The van der Waals surface area contributed by atoms with Gasteiger partial charge in [-0.15, -0.1) is 0 Å². The number of benzene rings is 2. The van der Waals surface area contributed by atoms with Crippen molar-refractivity contribution in [3.63, 3.8) is 0 Å². The van der Waals surface area contributed by atoms with Gasteiger partial charge in [0.05, 0.1) is 7.11 Å². The summed E-state index contributed by atoms with van der Waals surface area (Å²) in [4.78, 5) is 25.5. The first-order chi connectivity index (χ1) is 11.5. The molecule has 2 amide bonds. The molecule has 0 aromatic heterocycles. The van der Waals surface area contributed by atoms with Gasteiger partial charge in [0.1, 0.15) is 12.3 Å². The van der Waals surface area contributed by atoms with Crippen LogP contribution >= 0.6 is 11.6 Å². The Hall–Kier alpha value is -2.53. The normalized spacial score (nSPS) is 10.1. The highest BCUT2D eigenvalue weighted by atomic mass is 35.5. The van der Waals surface area contributed by atoms with Gasteiger partial charge >= 0.3 is 0 Å². The van der Waals surface area contributed by atoms with E-state index in [1.165, 1.54) is 11.8 Å². The van der Waals surface area contributed by atoms with Crippen molar-refractivity contribution >= 4 is 29.1 Å². The SMILES string of the molecule is COc1cccc(NC(=O)CN(Cc2ccc(Cl)cc2)C(C)=O)c1. The second kappa shape index (κ2) is 8.36. The Morgan fingerprint density at radius 3 is 2.50 bits per heavy atom. The maximum absolute atomic E-state index is 12.2. The number of carbonyl (C=O) groups excluding carboxylic acids is 2. The van der Waals surface area contributed by atoms with E-state index in [1.54, 1.807) is 43.5 Å². The Kier molecular flexibility index (Phi) is 6.21. The zero-order chi connectivity index (χ0) is 17.5. The molecule has 0 fully saturated rings. The van der Waals surface area contributed by atoms with Gasteiger partial charge in [-0.1, -0.05) is 29.8 Å². The number of carbonyl (C=O) groups is 2. The maximum atomic E-state index is 12.2. The van der Waals surface area contributed by atoms with Gasteiger partial charge in [0.25, 0.3) is 0 Å². The summed E-state index contributed by atoms with van der Waals surface area (Å²) in [5, 5.41) is 3.39. The number of methoxy groups -OCH3 is 1. The first kappa shape index (κ1) is 17.8. The molecule has 5 nitrogen and oxygen atoms in total. The van der Waals surface area contributed by atoms with Crippen LogP contribution in [0.15, 0.2) is 48.5 Å². The van der Waals surface area contributed by atoms with Gasteiger partial charge in [-0.05, 0) is 29.8 Å². The first-order valence-corrected chi connectivity index (χ1v) is 7.79. The van der Waals surface area contributed by atoms with Crippen molar-refractivity contribution in [1.82, 2.24) is 4.90 Å². The molecule has 0 aliphatic carbocycles. The largest absolute Gasteiger partial charge is 0.497 e. The Morgan fingerprint density at radius 1 is 1.17 bits per heavy atom. The topological polar surface area (TPSA) is 58.6 Å². The number of rotatable bonds is 6. The second-order valence-electron chi connectivity index (χ2n) is 5.28. The van der Waals surface area contributed by atoms with Crippen LogP contribution in [0.5, 0.6) is 5.75 Å². The third-order valence-electron chi connectivity index (χ3n) is 3.42. The molecule has 24 heavy (non-hydrogen) atoms. The van der Waals surface area contributed by atoms with E-state index in [0.717, 1.165) is 5.56 Å². The lowest BCUT2D eigenvalue weighted by molar-refractivity contribution is -0.133. The standard InChI is InChI=1S/C18H19ClN2O3/c1-13(22)21(11-14-6-8-15(19)9-7-14)12-18(23)20-16-4-3-5-17(10-16)24-2/h3-10H,11-12H2,1-2H3,(H,20,23). The second-order valence-corrected chi connectivity index (χ2v) is 5.72. The molecule has 6 heteroatoms. The van der Waals surface area contributed by atoms with E-state index in [1.807, 2.05) is 12.1 Å². The molecule has 1 N–H and O–H groups in total. The van der Waals surface area contributed by atoms with Crippen molar-refractivity contribution in [3.8, 4) is 5.75 Å². The average Bonchev–Trinajstić information content (AvgIpc) is 2.56. The fourth-order valence-corrected chi connectivity index (χ4v) is 2.29. The fraction of sp³-hybridized carbons (Fsp3) is 0.222. The predicted octanol–water partition coefficient (Wildman–Crippen LogP) is 3.34. The minimum Gasteiger partial charge on any atom is -0.497 e. The van der Waals surface area contributed by atoms with E-state index in [4.69, 9.17) is 16.3 Å². The molecule has 0 spiro atoms. The summed E-state index contributed by atoms with van der Waals surface area (Å²) in [7, 11) is 1.56. The molecule has 0 aliphatic rings. The number of nitrogens with zero attached hydrogens (tertiary/aromatic N) is 1. The first-order valence-electron chi connectivity index (χ1n) is 7.42. The minimum absolute atomic E-state index is 0.0326. The number of nitrogens with one attached hydrogen (secondary N) is 1. The molecular formula is C18H19ClN2O3. The lowest BCUT2D eigenvalue weighted by Gasteiger charge is -2.20. The van der Waals surface area contributed by atoms with Crippen LogP contribution < -0.4 is 10.1 Å². The maximum Gasteiger partial charge on any atom is 0.244 e. The van der Waals surface area contributed by atoms with Gasteiger partial charge in [-0.25, -0.2) is 0 Å². The number of anilines is 1. The van der Waals surface area contributed by atoms with Crippen LogP contribution in [0.3, 0.4) is 0 Å². The molecule has 2 aromatic rings. The van der Waals surface area contributed by atoms with Crippen LogP contribution in [0.2, 0.25) is 5.02 Å². The van der Waals surface area contributed by atoms with E-state index < -0.39 is 0 Å². The third kappa shape index (κ3) is 5.28. The highest BCUT2D eigenvalue weighted by molar-refractivity contribution is 6.30. The van der Waals surface area contributed by atoms with Gasteiger partial charge in [0.2, 0.25) is 11.8 Å². The molecule has 0 unspecified atom stereocenters. The number of amides is 2. The highest BCUT2D eigenvalue weighted by Gasteiger charge is 2.14. The Morgan fingerprint density at radius 2 is 1.88 bits per heavy atom.